The molecule has 1 aliphatic rings. The van der Waals surface area contributed by atoms with Crippen molar-refractivity contribution < 1.29 is 9.53 Å². The smallest absolute Gasteiger partial charge is 0.233 e. The molecule has 140 valence electrons. The predicted octanol–water partition coefficient (Wildman–Crippen LogP) is 3.81. The van der Waals surface area contributed by atoms with Gasteiger partial charge in [0.2, 0.25) is 5.91 Å². The van der Waals surface area contributed by atoms with Crippen LogP contribution in [0.1, 0.15) is 36.9 Å². The van der Waals surface area contributed by atoms with E-state index in [2.05, 4.69) is 4.98 Å². The van der Waals surface area contributed by atoms with Crippen molar-refractivity contribution in [2.24, 2.45) is 0 Å². The largest absolute Gasteiger partial charge is 0.497 e. The number of pyridine rings is 1. The predicted molar refractivity (Wildman–Crippen MR) is 105 cm³/mol. The highest BCUT2D eigenvalue weighted by Crippen LogP contribution is 2.43. The van der Waals surface area contributed by atoms with Crippen LogP contribution in [-0.2, 0) is 16.8 Å². The van der Waals surface area contributed by atoms with Gasteiger partial charge in [0.1, 0.15) is 11.4 Å². The van der Waals surface area contributed by atoms with E-state index in [1.165, 1.54) is 0 Å². The Morgan fingerprint density at radius 3 is 2.63 bits per heavy atom. The lowest BCUT2D eigenvalue weighted by Gasteiger charge is -2.33. The minimum Gasteiger partial charge on any atom is -0.497 e. The molecule has 1 saturated carbocycles. The Kier molecular flexibility index (Phi) is 4.60. The lowest BCUT2D eigenvalue weighted by molar-refractivity contribution is -0.136. The van der Waals surface area contributed by atoms with Crippen molar-refractivity contribution in [3.05, 3.63) is 66.1 Å². The highest BCUT2D eigenvalue weighted by molar-refractivity contribution is 5.88. The monoisotopic (exact) mass is 363 g/mol. The van der Waals surface area contributed by atoms with E-state index in [1.54, 1.807) is 7.11 Å². The maximum absolute atomic E-state index is 13.5. The molecule has 2 aromatic heterocycles. The topological polar surface area (TPSA) is 46.8 Å². The molecule has 0 N–H and O–H groups in total. The van der Waals surface area contributed by atoms with Crippen LogP contribution >= 0.6 is 0 Å². The average Bonchev–Trinajstić information content (AvgIpc) is 3.36. The Morgan fingerprint density at radius 1 is 1.19 bits per heavy atom. The Bertz CT molecular complexity index is 940. The minimum atomic E-state index is -0.429. The molecular formula is C22H25N3O2. The number of imidazole rings is 1. The Balaban J connectivity index is 1.61. The van der Waals surface area contributed by atoms with E-state index in [-0.39, 0.29) is 5.91 Å². The summed E-state index contributed by atoms with van der Waals surface area (Å²) in [5.74, 6) is 1.01. The van der Waals surface area contributed by atoms with Crippen molar-refractivity contribution in [2.45, 2.75) is 37.6 Å². The van der Waals surface area contributed by atoms with Crippen LogP contribution in [0.15, 0.2) is 54.9 Å². The Hall–Kier alpha value is -2.82. The number of carbonyl (C=O) groups excluding carboxylic acids is 1. The van der Waals surface area contributed by atoms with Crippen LogP contribution in [0.2, 0.25) is 0 Å². The van der Waals surface area contributed by atoms with Gasteiger partial charge in [0.05, 0.1) is 31.0 Å². The van der Waals surface area contributed by atoms with E-state index in [4.69, 9.17) is 4.74 Å². The number of methoxy groups -OCH3 is 1. The summed E-state index contributed by atoms with van der Waals surface area (Å²) in [7, 11) is 3.56. The second-order valence-corrected chi connectivity index (χ2v) is 7.36. The number of benzene rings is 1. The van der Waals surface area contributed by atoms with Gasteiger partial charge in [0.15, 0.2) is 0 Å². The van der Waals surface area contributed by atoms with Gasteiger partial charge in [-0.2, -0.15) is 0 Å². The molecule has 4 rings (SSSR count). The number of carbonyl (C=O) groups is 1. The van der Waals surface area contributed by atoms with Crippen molar-refractivity contribution in [3.63, 3.8) is 0 Å². The molecule has 0 saturated heterocycles. The Morgan fingerprint density at radius 2 is 1.93 bits per heavy atom. The van der Waals surface area contributed by atoms with Gasteiger partial charge in [-0.05, 0) is 42.7 Å². The average molecular weight is 363 g/mol. The highest BCUT2D eigenvalue weighted by Gasteiger charge is 2.44. The number of hydrogen-bond donors (Lipinski definition) is 0. The van der Waals surface area contributed by atoms with Gasteiger partial charge in [0, 0.05) is 13.2 Å². The number of aromatic nitrogens is 2. The zero-order chi connectivity index (χ0) is 18.9. The molecule has 0 radical (unpaired) electrons. The van der Waals surface area contributed by atoms with Crippen LogP contribution in [0, 0.1) is 0 Å². The van der Waals surface area contributed by atoms with Gasteiger partial charge >= 0.3 is 0 Å². The molecule has 0 aliphatic heterocycles. The van der Waals surface area contributed by atoms with Gasteiger partial charge in [-0.1, -0.05) is 31.0 Å². The van der Waals surface area contributed by atoms with Crippen molar-refractivity contribution in [3.8, 4) is 5.75 Å². The molecule has 1 fully saturated rings. The van der Waals surface area contributed by atoms with Crippen molar-refractivity contribution in [1.82, 2.24) is 14.3 Å². The zero-order valence-corrected chi connectivity index (χ0v) is 15.9. The van der Waals surface area contributed by atoms with E-state index in [9.17, 15) is 4.79 Å². The molecule has 1 aliphatic carbocycles. The first-order valence-electron chi connectivity index (χ1n) is 9.45. The van der Waals surface area contributed by atoms with Crippen LogP contribution in [0.4, 0.5) is 0 Å². The van der Waals surface area contributed by atoms with Crippen LogP contribution in [0.5, 0.6) is 5.75 Å². The number of ether oxygens (including phenoxy) is 1. The summed E-state index contributed by atoms with van der Waals surface area (Å²) in [5, 5.41) is 0. The third-order valence-electron chi connectivity index (χ3n) is 5.75. The second kappa shape index (κ2) is 7.06. The maximum atomic E-state index is 13.5. The standard InChI is InChI=1S/C22H25N3O2/c1-24(16-18-15-23-20-7-3-6-14-25(18)20)21(26)22(12-4-5-13-22)17-8-10-19(27-2)11-9-17/h3,6-11,14-15H,4-5,12-13,16H2,1-2H3. The molecule has 1 amide bonds. The van der Waals surface area contributed by atoms with Crippen molar-refractivity contribution in [2.75, 3.05) is 14.2 Å². The van der Waals surface area contributed by atoms with Crippen LogP contribution in [0.3, 0.4) is 0 Å². The normalized spacial score (nSPS) is 15.8. The number of hydrogen-bond acceptors (Lipinski definition) is 3. The quantitative estimate of drug-likeness (QED) is 0.692. The highest BCUT2D eigenvalue weighted by atomic mass is 16.5. The third-order valence-corrected chi connectivity index (χ3v) is 5.75. The number of amides is 1. The van der Waals surface area contributed by atoms with Crippen LogP contribution in [-0.4, -0.2) is 34.3 Å². The summed E-state index contributed by atoms with van der Waals surface area (Å²) in [4.78, 5) is 19.8. The van der Waals surface area contributed by atoms with E-state index >= 15 is 0 Å². The van der Waals surface area contributed by atoms with E-state index in [0.29, 0.717) is 6.54 Å². The first-order chi connectivity index (χ1) is 13.1. The fraction of sp³-hybridized carbons (Fsp3) is 0.364. The molecular weight excluding hydrogens is 338 g/mol. The number of fused-ring (bicyclic) bond motifs is 1. The minimum absolute atomic E-state index is 0.191. The molecule has 27 heavy (non-hydrogen) atoms. The van der Waals surface area contributed by atoms with E-state index in [0.717, 1.165) is 48.3 Å². The summed E-state index contributed by atoms with van der Waals surface area (Å²) in [6.07, 6.45) is 7.81. The van der Waals surface area contributed by atoms with Gasteiger partial charge in [-0.3, -0.25) is 4.79 Å². The van der Waals surface area contributed by atoms with Crippen LogP contribution < -0.4 is 4.74 Å². The Labute approximate surface area is 159 Å². The molecule has 5 heteroatoms. The summed E-state index contributed by atoms with van der Waals surface area (Å²) >= 11 is 0. The summed E-state index contributed by atoms with van der Waals surface area (Å²) in [6, 6.07) is 13.9. The molecule has 3 aromatic rings. The number of rotatable bonds is 5. The zero-order valence-electron chi connectivity index (χ0n) is 15.9. The summed E-state index contributed by atoms with van der Waals surface area (Å²) < 4.78 is 7.32. The fourth-order valence-electron chi connectivity index (χ4n) is 4.30. The third kappa shape index (κ3) is 3.07. The second-order valence-electron chi connectivity index (χ2n) is 7.36. The number of nitrogens with zero attached hydrogens (tertiary/aromatic N) is 3. The first-order valence-corrected chi connectivity index (χ1v) is 9.45. The molecule has 0 bridgehead atoms. The summed E-state index contributed by atoms with van der Waals surface area (Å²) in [5.41, 5.74) is 2.58. The van der Waals surface area contributed by atoms with Crippen molar-refractivity contribution in [1.29, 1.82) is 0 Å². The summed E-state index contributed by atoms with van der Waals surface area (Å²) in [6.45, 7) is 0.544. The van der Waals surface area contributed by atoms with Gasteiger partial charge < -0.3 is 14.0 Å². The maximum Gasteiger partial charge on any atom is 0.233 e. The van der Waals surface area contributed by atoms with E-state index < -0.39 is 5.41 Å². The SMILES string of the molecule is COc1ccc(C2(C(=O)N(C)Cc3cnc4ccccn34)CCCC2)cc1. The molecule has 0 unspecified atom stereocenters. The molecule has 0 atom stereocenters. The van der Waals surface area contributed by atoms with Crippen LogP contribution in [0.25, 0.3) is 5.65 Å². The van der Waals surface area contributed by atoms with Gasteiger partial charge in [-0.25, -0.2) is 4.98 Å². The van der Waals surface area contributed by atoms with Gasteiger partial charge in [0.25, 0.3) is 0 Å². The van der Waals surface area contributed by atoms with Crippen molar-refractivity contribution >= 4 is 11.6 Å². The van der Waals surface area contributed by atoms with E-state index in [1.807, 2.05) is 71.2 Å². The van der Waals surface area contributed by atoms with Gasteiger partial charge in [-0.15, -0.1) is 0 Å². The molecule has 2 heterocycles. The number of likely N-dealkylation sites (N-methyl/N-ethyl adjacent to an activating group) is 1. The fourth-order valence-corrected chi connectivity index (χ4v) is 4.30. The lowest BCUT2D eigenvalue weighted by atomic mass is 9.77. The molecule has 0 spiro atoms. The first kappa shape index (κ1) is 17.6. The molecule has 5 nitrogen and oxygen atoms in total. The lowest BCUT2D eigenvalue weighted by Crippen LogP contribution is -2.43. The molecule has 1 aromatic carbocycles.